The van der Waals surface area contributed by atoms with Gasteiger partial charge in [-0.1, -0.05) is 0 Å². The molecule has 0 aromatic rings. The highest BCUT2D eigenvalue weighted by atomic mass is 32.1. The number of piperidine rings is 1. The number of primary amides is 1. The van der Waals surface area contributed by atoms with Crippen molar-refractivity contribution in [1.82, 2.24) is 4.90 Å². The highest BCUT2D eigenvalue weighted by Crippen LogP contribution is 2.17. The molecule has 4 nitrogen and oxygen atoms in total. The molecule has 2 N–H and O–H groups in total. The first-order valence-electron chi connectivity index (χ1n) is 4.78. The Bertz CT molecular complexity index is 235. The van der Waals surface area contributed by atoms with Crippen molar-refractivity contribution in [2.45, 2.75) is 25.0 Å². The van der Waals surface area contributed by atoms with Gasteiger partial charge in [0.2, 0.25) is 11.8 Å². The minimum atomic E-state index is -0.264. The zero-order valence-corrected chi connectivity index (χ0v) is 9.17. The number of amides is 2. The molecule has 1 heterocycles. The van der Waals surface area contributed by atoms with E-state index in [0.29, 0.717) is 25.9 Å². The monoisotopic (exact) mass is 216 g/mol. The largest absolute Gasteiger partial charge is 0.369 e. The summed E-state index contributed by atoms with van der Waals surface area (Å²) in [6.07, 6.45) is 1.36. The summed E-state index contributed by atoms with van der Waals surface area (Å²) >= 11 is 4.08. The van der Waals surface area contributed by atoms with Crippen LogP contribution in [0.15, 0.2) is 0 Å². The molecule has 0 saturated carbocycles. The first-order chi connectivity index (χ1) is 6.52. The van der Waals surface area contributed by atoms with Gasteiger partial charge in [-0.25, -0.2) is 0 Å². The van der Waals surface area contributed by atoms with Gasteiger partial charge in [0.05, 0.1) is 5.25 Å². The van der Waals surface area contributed by atoms with E-state index < -0.39 is 0 Å². The third-order valence-corrected chi connectivity index (χ3v) is 2.79. The van der Waals surface area contributed by atoms with E-state index in [9.17, 15) is 9.59 Å². The normalized spacial score (nSPS) is 20.6. The first-order valence-corrected chi connectivity index (χ1v) is 5.30. The second-order valence-electron chi connectivity index (χ2n) is 3.68. The van der Waals surface area contributed by atoms with Crippen molar-refractivity contribution < 1.29 is 9.59 Å². The van der Waals surface area contributed by atoms with E-state index in [1.165, 1.54) is 0 Å². The Kier molecular flexibility index (Phi) is 3.80. The molecule has 5 heteroatoms. The Morgan fingerprint density at radius 1 is 1.43 bits per heavy atom. The summed E-state index contributed by atoms with van der Waals surface area (Å²) in [6, 6.07) is 0. The fourth-order valence-electron chi connectivity index (χ4n) is 1.65. The van der Waals surface area contributed by atoms with Crippen LogP contribution in [0.5, 0.6) is 0 Å². The standard InChI is InChI=1S/C9H16N2O2S/c1-6(14)9(13)11-4-2-7(3-5-11)8(10)12/h6-7,14H,2-5H2,1H3,(H2,10,12). The molecule has 1 saturated heterocycles. The van der Waals surface area contributed by atoms with E-state index in [-0.39, 0.29) is 23.0 Å². The van der Waals surface area contributed by atoms with Crippen LogP contribution in [0.2, 0.25) is 0 Å². The van der Waals surface area contributed by atoms with E-state index in [1.807, 2.05) is 0 Å². The molecule has 80 valence electrons. The molecule has 1 fully saturated rings. The van der Waals surface area contributed by atoms with Crippen molar-refractivity contribution in [3.63, 3.8) is 0 Å². The number of thiol groups is 1. The van der Waals surface area contributed by atoms with Crippen LogP contribution in [0.4, 0.5) is 0 Å². The maximum absolute atomic E-state index is 11.5. The van der Waals surface area contributed by atoms with Crippen molar-refractivity contribution in [2.24, 2.45) is 11.7 Å². The number of carbonyl (C=O) groups excluding carboxylic acids is 2. The van der Waals surface area contributed by atoms with Gasteiger partial charge >= 0.3 is 0 Å². The molecule has 0 spiro atoms. The summed E-state index contributed by atoms with van der Waals surface area (Å²) in [5, 5.41) is -0.264. The van der Waals surface area contributed by atoms with E-state index >= 15 is 0 Å². The molecule has 0 aromatic carbocycles. The Morgan fingerprint density at radius 2 is 1.93 bits per heavy atom. The zero-order valence-electron chi connectivity index (χ0n) is 8.27. The lowest BCUT2D eigenvalue weighted by atomic mass is 9.96. The highest BCUT2D eigenvalue weighted by molar-refractivity contribution is 7.81. The lowest BCUT2D eigenvalue weighted by molar-refractivity contribution is -0.134. The average Bonchev–Trinajstić information content (AvgIpc) is 2.16. The van der Waals surface area contributed by atoms with Crippen LogP contribution in [0.25, 0.3) is 0 Å². The Balaban J connectivity index is 2.43. The van der Waals surface area contributed by atoms with Crippen molar-refractivity contribution in [2.75, 3.05) is 13.1 Å². The Labute approximate surface area is 89.2 Å². The second kappa shape index (κ2) is 4.68. The summed E-state index contributed by atoms with van der Waals surface area (Å²) in [6.45, 7) is 3.00. The van der Waals surface area contributed by atoms with E-state index in [2.05, 4.69) is 12.6 Å². The molecule has 1 atom stereocenters. The van der Waals surface area contributed by atoms with Crippen molar-refractivity contribution >= 4 is 24.4 Å². The van der Waals surface area contributed by atoms with Gasteiger partial charge in [0.25, 0.3) is 0 Å². The van der Waals surface area contributed by atoms with Crippen molar-refractivity contribution in [3.8, 4) is 0 Å². The molecule has 1 aliphatic rings. The zero-order chi connectivity index (χ0) is 10.7. The van der Waals surface area contributed by atoms with E-state index in [1.54, 1.807) is 11.8 Å². The molecule has 0 aromatic heterocycles. The molecule has 1 rings (SSSR count). The summed E-state index contributed by atoms with van der Waals surface area (Å²) in [5.41, 5.74) is 5.19. The minimum Gasteiger partial charge on any atom is -0.369 e. The highest BCUT2D eigenvalue weighted by Gasteiger charge is 2.26. The van der Waals surface area contributed by atoms with Crippen LogP contribution in [-0.4, -0.2) is 35.1 Å². The van der Waals surface area contributed by atoms with E-state index in [0.717, 1.165) is 0 Å². The van der Waals surface area contributed by atoms with Gasteiger partial charge in [-0.05, 0) is 19.8 Å². The average molecular weight is 216 g/mol. The number of nitrogens with zero attached hydrogens (tertiary/aromatic N) is 1. The summed E-state index contributed by atoms with van der Waals surface area (Å²) in [5.74, 6) is -0.276. The van der Waals surface area contributed by atoms with Gasteiger partial charge in [-0.15, -0.1) is 0 Å². The molecule has 1 unspecified atom stereocenters. The number of nitrogens with two attached hydrogens (primary N) is 1. The minimum absolute atomic E-state index is 0.0382. The predicted molar refractivity (Wildman–Crippen MR) is 56.9 cm³/mol. The topological polar surface area (TPSA) is 63.4 Å². The smallest absolute Gasteiger partial charge is 0.235 e. The van der Waals surface area contributed by atoms with Gasteiger partial charge in [0.15, 0.2) is 0 Å². The SMILES string of the molecule is CC(S)C(=O)N1CCC(C(N)=O)CC1. The van der Waals surface area contributed by atoms with Gasteiger partial charge in [-0.3, -0.25) is 9.59 Å². The predicted octanol–water partition coefficient (Wildman–Crippen LogP) is 0.0286. The van der Waals surface area contributed by atoms with Crippen LogP contribution in [0.3, 0.4) is 0 Å². The number of hydrogen-bond donors (Lipinski definition) is 2. The van der Waals surface area contributed by atoms with Crippen molar-refractivity contribution in [1.29, 1.82) is 0 Å². The lowest BCUT2D eigenvalue weighted by Gasteiger charge is -2.31. The molecule has 0 bridgehead atoms. The Hall–Kier alpha value is -0.710. The Morgan fingerprint density at radius 3 is 2.29 bits per heavy atom. The van der Waals surface area contributed by atoms with Crippen LogP contribution in [0.1, 0.15) is 19.8 Å². The molecule has 0 aliphatic carbocycles. The molecule has 0 radical (unpaired) electrons. The number of carbonyl (C=O) groups is 2. The third kappa shape index (κ3) is 2.64. The lowest BCUT2D eigenvalue weighted by Crippen LogP contribution is -2.44. The molecular weight excluding hydrogens is 200 g/mol. The fourth-order valence-corrected chi connectivity index (χ4v) is 1.81. The van der Waals surface area contributed by atoms with Gasteiger partial charge in [0.1, 0.15) is 0 Å². The number of hydrogen-bond acceptors (Lipinski definition) is 3. The second-order valence-corrected chi connectivity index (χ2v) is 4.45. The summed E-state index contributed by atoms with van der Waals surface area (Å²) < 4.78 is 0. The van der Waals surface area contributed by atoms with Crippen LogP contribution in [-0.2, 0) is 9.59 Å². The van der Waals surface area contributed by atoms with Crippen LogP contribution < -0.4 is 5.73 Å². The van der Waals surface area contributed by atoms with Crippen LogP contribution in [0, 0.1) is 5.92 Å². The molecule has 14 heavy (non-hydrogen) atoms. The summed E-state index contributed by atoms with van der Waals surface area (Å²) in [4.78, 5) is 24.1. The fraction of sp³-hybridized carbons (Fsp3) is 0.778. The number of rotatable bonds is 2. The molecule has 1 aliphatic heterocycles. The maximum Gasteiger partial charge on any atom is 0.235 e. The first kappa shape index (κ1) is 11.4. The molecule has 2 amide bonds. The quantitative estimate of drug-likeness (QED) is 0.640. The van der Waals surface area contributed by atoms with Gasteiger partial charge in [0, 0.05) is 19.0 Å². The number of likely N-dealkylation sites (tertiary alicyclic amines) is 1. The van der Waals surface area contributed by atoms with Gasteiger partial charge < -0.3 is 10.6 Å². The van der Waals surface area contributed by atoms with Gasteiger partial charge in [-0.2, -0.15) is 12.6 Å². The van der Waals surface area contributed by atoms with Crippen molar-refractivity contribution in [3.05, 3.63) is 0 Å². The molecular formula is C9H16N2O2S. The third-order valence-electron chi connectivity index (χ3n) is 2.57. The van der Waals surface area contributed by atoms with Crippen LogP contribution >= 0.6 is 12.6 Å². The van der Waals surface area contributed by atoms with E-state index in [4.69, 9.17) is 5.73 Å². The summed E-state index contributed by atoms with van der Waals surface area (Å²) in [7, 11) is 0. The maximum atomic E-state index is 11.5.